The van der Waals surface area contributed by atoms with Gasteiger partial charge in [-0.05, 0) is 12.1 Å². The van der Waals surface area contributed by atoms with E-state index in [1.807, 2.05) is 0 Å². The van der Waals surface area contributed by atoms with Gasteiger partial charge in [0.05, 0.1) is 18.8 Å². The van der Waals surface area contributed by atoms with E-state index >= 15 is 0 Å². The van der Waals surface area contributed by atoms with E-state index in [0.29, 0.717) is 0 Å². The van der Waals surface area contributed by atoms with Gasteiger partial charge in [-0.25, -0.2) is 4.79 Å². The molecule has 2 rings (SSSR count). The minimum absolute atomic E-state index is 0.231. The molecule has 10 nitrogen and oxygen atoms in total. The van der Waals surface area contributed by atoms with Gasteiger partial charge in [-0.15, -0.1) is 0 Å². The number of rotatable bonds is 6. The van der Waals surface area contributed by atoms with Crippen LogP contribution in [0, 0.1) is 0 Å². The van der Waals surface area contributed by atoms with Crippen molar-refractivity contribution in [3.63, 3.8) is 0 Å². The molecule has 1 amide bonds. The zero-order chi connectivity index (χ0) is 19.5. The lowest BCUT2D eigenvalue weighted by molar-refractivity contribution is -0.294. The average molecular weight is 371 g/mol. The molecule has 10 heteroatoms. The van der Waals surface area contributed by atoms with Crippen LogP contribution in [0.3, 0.4) is 0 Å². The van der Waals surface area contributed by atoms with Crippen LogP contribution in [0.5, 0.6) is 0 Å². The Bertz CT molecular complexity index is 640. The summed E-state index contributed by atoms with van der Waals surface area (Å²) < 4.78 is 5.00. The molecule has 1 saturated heterocycles. The standard InChI is InChI=1S/C16H21NO9/c18-7-10(20)12(21)13-11(9(19)6-16(25,26-13)15(23)24)17-14(22)8-4-2-1-3-5-8/h1-5,9-13,18-21,25H,6-7H2,(H,17,22)(H,23,24)/t9-,10?,11-,12?,13?,16+/m1/s1. The van der Waals surface area contributed by atoms with Crippen molar-refractivity contribution >= 4 is 11.9 Å². The summed E-state index contributed by atoms with van der Waals surface area (Å²) in [6.45, 7) is -0.887. The molecule has 1 aromatic rings. The predicted molar refractivity (Wildman–Crippen MR) is 84.9 cm³/mol. The Hall–Kier alpha value is -2.08. The van der Waals surface area contributed by atoms with Gasteiger partial charge in [0.15, 0.2) is 0 Å². The van der Waals surface area contributed by atoms with Crippen molar-refractivity contribution in [2.75, 3.05) is 6.61 Å². The fourth-order valence-corrected chi connectivity index (χ4v) is 2.73. The van der Waals surface area contributed by atoms with E-state index in [0.717, 1.165) is 0 Å². The van der Waals surface area contributed by atoms with E-state index in [-0.39, 0.29) is 5.56 Å². The Labute approximate surface area is 148 Å². The molecule has 0 radical (unpaired) electrons. The lowest BCUT2D eigenvalue weighted by Gasteiger charge is -2.44. The number of carbonyl (C=O) groups excluding carboxylic acids is 1. The maximum absolute atomic E-state index is 12.3. The first-order chi connectivity index (χ1) is 12.2. The molecule has 1 aliphatic rings. The molecule has 1 aliphatic heterocycles. The van der Waals surface area contributed by atoms with Crippen LogP contribution in [0.4, 0.5) is 0 Å². The summed E-state index contributed by atoms with van der Waals surface area (Å²) in [5.74, 6) is -5.27. The van der Waals surface area contributed by atoms with Crippen LogP contribution >= 0.6 is 0 Å². The maximum Gasteiger partial charge on any atom is 0.364 e. The molecule has 0 aliphatic carbocycles. The fraction of sp³-hybridized carbons (Fsp3) is 0.500. The van der Waals surface area contributed by atoms with Gasteiger partial charge in [-0.1, -0.05) is 18.2 Å². The van der Waals surface area contributed by atoms with Crippen molar-refractivity contribution in [1.29, 1.82) is 0 Å². The number of nitrogens with one attached hydrogen (secondary N) is 1. The number of ether oxygens (including phenoxy) is 1. The van der Waals surface area contributed by atoms with E-state index in [1.54, 1.807) is 18.2 Å². The Balaban J connectivity index is 2.28. The van der Waals surface area contributed by atoms with E-state index in [4.69, 9.17) is 14.9 Å². The van der Waals surface area contributed by atoms with E-state index in [1.165, 1.54) is 12.1 Å². The summed E-state index contributed by atoms with van der Waals surface area (Å²) in [4.78, 5) is 23.5. The second-order valence-electron chi connectivity index (χ2n) is 6.05. The third-order valence-electron chi connectivity index (χ3n) is 4.17. The molecule has 144 valence electrons. The summed E-state index contributed by atoms with van der Waals surface area (Å²) in [6, 6.07) is 6.53. The molecule has 7 N–H and O–H groups in total. The molecule has 1 fully saturated rings. The number of carbonyl (C=O) groups is 2. The first-order valence-corrected chi connectivity index (χ1v) is 7.84. The molecule has 1 heterocycles. The predicted octanol–water partition coefficient (Wildman–Crippen LogP) is -2.58. The van der Waals surface area contributed by atoms with Crippen molar-refractivity contribution in [3.8, 4) is 0 Å². The second-order valence-corrected chi connectivity index (χ2v) is 6.05. The molecule has 0 saturated carbocycles. The lowest BCUT2D eigenvalue weighted by atomic mass is 9.88. The van der Waals surface area contributed by atoms with E-state index < -0.39 is 61.1 Å². The highest BCUT2D eigenvalue weighted by molar-refractivity contribution is 5.94. The van der Waals surface area contributed by atoms with E-state index in [9.17, 15) is 30.0 Å². The first-order valence-electron chi connectivity index (χ1n) is 7.84. The molecule has 26 heavy (non-hydrogen) atoms. The number of carboxylic acid groups (broad SMARTS) is 1. The third kappa shape index (κ3) is 4.18. The number of aliphatic carboxylic acids is 1. The molecule has 1 aromatic carbocycles. The second kappa shape index (κ2) is 8.08. The van der Waals surface area contributed by atoms with Crippen molar-refractivity contribution < 1.29 is 45.0 Å². The highest BCUT2D eigenvalue weighted by atomic mass is 16.7. The first kappa shape index (κ1) is 20.2. The number of benzene rings is 1. The quantitative estimate of drug-likeness (QED) is 0.283. The number of amides is 1. The van der Waals surface area contributed by atoms with Crippen LogP contribution < -0.4 is 5.32 Å². The van der Waals surface area contributed by atoms with Crippen molar-refractivity contribution in [1.82, 2.24) is 5.32 Å². The summed E-state index contributed by atoms with van der Waals surface area (Å²) in [5.41, 5.74) is 0.231. The van der Waals surface area contributed by atoms with Crippen LogP contribution in [-0.4, -0.2) is 85.4 Å². The number of aliphatic hydroxyl groups excluding tert-OH is 4. The van der Waals surface area contributed by atoms with E-state index in [2.05, 4.69) is 5.32 Å². The van der Waals surface area contributed by atoms with Gasteiger partial charge in [0.2, 0.25) is 0 Å². The zero-order valence-electron chi connectivity index (χ0n) is 13.6. The van der Waals surface area contributed by atoms with Gasteiger partial charge in [0.25, 0.3) is 11.7 Å². The van der Waals surface area contributed by atoms with Crippen LogP contribution in [0.2, 0.25) is 0 Å². The van der Waals surface area contributed by atoms with Crippen LogP contribution in [-0.2, 0) is 9.53 Å². The summed E-state index contributed by atoms with van der Waals surface area (Å²) in [7, 11) is 0. The normalized spacial score (nSPS) is 31.0. The molecule has 3 unspecified atom stereocenters. The average Bonchev–Trinajstić information content (AvgIpc) is 2.62. The lowest BCUT2D eigenvalue weighted by Crippen LogP contribution is -2.67. The van der Waals surface area contributed by atoms with Gasteiger partial charge in [-0.2, -0.15) is 0 Å². The Morgan fingerprint density at radius 2 is 1.88 bits per heavy atom. The molecular weight excluding hydrogens is 350 g/mol. The van der Waals surface area contributed by atoms with Crippen molar-refractivity contribution in [3.05, 3.63) is 35.9 Å². The summed E-state index contributed by atoms with van der Waals surface area (Å²) in [6.07, 6.45) is -7.72. The molecular formula is C16H21NO9. The van der Waals surface area contributed by atoms with Crippen LogP contribution in [0.15, 0.2) is 30.3 Å². The Morgan fingerprint density at radius 3 is 2.42 bits per heavy atom. The van der Waals surface area contributed by atoms with Gasteiger partial charge in [-0.3, -0.25) is 4.79 Å². The number of aliphatic hydroxyl groups is 5. The minimum Gasteiger partial charge on any atom is -0.477 e. The van der Waals surface area contributed by atoms with Crippen molar-refractivity contribution in [2.24, 2.45) is 0 Å². The Kier molecular flexibility index (Phi) is 6.29. The van der Waals surface area contributed by atoms with Gasteiger partial charge < -0.3 is 40.7 Å². The van der Waals surface area contributed by atoms with Crippen LogP contribution in [0.1, 0.15) is 16.8 Å². The van der Waals surface area contributed by atoms with Gasteiger partial charge in [0.1, 0.15) is 18.3 Å². The van der Waals surface area contributed by atoms with Crippen LogP contribution in [0.25, 0.3) is 0 Å². The Morgan fingerprint density at radius 1 is 1.27 bits per heavy atom. The monoisotopic (exact) mass is 371 g/mol. The number of hydrogen-bond acceptors (Lipinski definition) is 8. The fourth-order valence-electron chi connectivity index (χ4n) is 2.73. The van der Waals surface area contributed by atoms with Gasteiger partial charge >= 0.3 is 5.97 Å². The highest BCUT2D eigenvalue weighted by Gasteiger charge is 2.54. The topological polar surface area (TPSA) is 177 Å². The van der Waals surface area contributed by atoms with Gasteiger partial charge in [0, 0.05) is 12.0 Å². The highest BCUT2D eigenvalue weighted by Crippen LogP contribution is 2.30. The molecule has 0 spiro atoms. The molecule has 0 bridgehead atoms. The summed E-state index contributed by atoms with van der Waals surface area (Å²) in [5, 5.41) is 60.5. The molecule has 6 atom stereocenters. The smallest absolute Gasteiger partial charge is 0.364 e. The third-order valence-corrected chi connectivity index (χ3v) is 4.17. The number of hydrogen-bond donors (Lipinski definition) is 7. The maximum atomic E-state index is 12.3. The molecule has 0 aromatic heterocycles. The minimum atomic E-state index is -2.83. The SMILES string of the molecule is O=C(N[C@H]1C(C(O)C(O)CO)O[C@](O)(C(=O)O)C[C@H]1O)c1ccccc1. The number of carboxylic acids is 1. The van der Waals surface area contributed by atoms with Crippen molar-refractivity contribution in [2.45, 2.75) is 42.7 Å². The zero-order valence-corrected chi connectivity index (χ0v) is 13.6. The summed E-state index contributed by atoms with van der Waals surface area (Å²) >= 11 is 0. The largest absolute Gasteiger partial charge is 0.477 e.